The number of benzene rings is 9. The molecule has 9 aromatic rings. The molecule has 6 saturated heterocycles. The van der Waals surface area contributed by atoms with Crippen molar-refractivity contribution in [1.82, 2.24) is 15.1 Å². The summed E-state index contributed by atoms with van der Waals surface area (Å²) in [4.78, 5) is 67.1. The number of amides is 3. The lowest BCUT2D eigenvalue weighted by Crippen LogP contribution is -2.49. The second kappa shape index (κ2) is 46.2. The third-order valence-electron chi connectivity index (χ3n) is 25.4. The molecule has 722 valence electrons. The number of aromatic carboxylic acids is 1. The van der Waals surface area contributed by atoms with Crippen LogP contribution in [0.3, 0.4) is 0 Å². The highest BCUT2D eigenvalue weighted by Crippen LogP contribution is 2.38. The lowest BCUT2D eigenvalue weighted by molar-refractivity contribution is 0.0605. The van der Waals surface area contributed by atoms with Gasteiger partial charge in [0.1, 0.15) is 51.1 Å². The summed E-state index contributed by atoms with van der Waals surface area (Å²) >= 11 is 0. The van der Waals surface area contributed by atoms with E-state index >= 15 is 0 Å². The Kier molecular flexibility index (Phi) is 34.8. The Hall–Kier alpha value is -12.7. The molecule has 0 saturated carbocycles. The molecular formula is C104H126F4N16O9S3. The van der Waals surface area contributed by atoms with E-state index in [0.29, 0.717) is 122 Å². The molecule has 6 fully saturated rings. The molecule has 136 heavy (non-hydrogen) atoms. The number of aryl methyl sites for hydroxylation is 6. The van der Waals surface area contributed by atoms with Gasteiger partial charge in [-0.05, 0) is 259 Å². The van der Waals surface area contributed by atoms with Crippen molar-refractivity contribution in [2.24, 2.45) is 10.3 Å². The molecular weight excluding hydrogens is 1790 g/mol. The first-order valence-electron chi connectivity index (χ1n) is 46.4. The van der Waals surface area contributed by atoms with E-state index in [0.717, 1.165) is 159 Å². The van der Waals surface area contributed by atoms with Gasteiger partial charge in [-0.2, -0.15) is 15.8 Å². The van der Waals surface area contributed by atoms with Crippen molar-refractivity contribution in [2.75, 3.05) is 184 Å². The second-order valence-corrected chi connectivity index (χ2v) is 43.2. The summed E-state index contributed by atoms with van der Waals surface area (Å²) in [5.41, 5.74) is 16.8. The molecule has 25 nitrogen and oxygen atoms in total. The number of carbonyl (C=O) groups is 4. The van der Waals surface area contributed by atoms with Crippen molar-refractivity contribution in [3.63, 3.8) is 0 Å². The van der Waals surface area contributed by atoms with E-state index in [-0.39, 0.29) is 32.5 Å². The van der Waals surface area contributed by atoms with E-state index in [1.54, 1.807) is 63.2 Å². The van der Waals surface area contributed by atoms with Crippen molar-refractivity contribution in [3.05, 3.63) is 254 Å². The molecule has 5 N–H and O–H groups in total. The summed E-state index contributed by atoms with van der Waals surface area (Å²) in [6.07, 6.45) is 9.72. The van der Waals surface area contributed by atoms with E-state index in [1.807, 2.05) is 137 Å². The highest BCUT2D eigenvalue weighted by Gasteiger charge is 2.34. The van der Waals surface area contributed by atoms with Crippen LogP contribution in [0.5, 0.6) is 0 Å². The average Bonchev–Trinajstić information content (AvgIpc) is 0.782. The number of piperidine rings is 3. The molecule has 3 amide bonds. The zero-order valence-corrected chi connectivity index (χ0v) is 82.2. The molecule has 6 aliphatic heterocycles. The minimum Gasteiger partial charge on any atom is -0.478 e. The maximum atomic E-state index is 14.6. The zero-order valence-electron chi connectivity index (χ0n) is 80.7. The van der Waals surface area contributed by atoms with Crippen LogP contribution >= 0.6 is 0 Å². The fourth-order valence-corrected chi connectivity index (χ4v) is 22.0. The van der Waals surface area contributed by atoms with Gasteiger partial charge in [-0.1, -0.05) is 72.8 Å². The van der Waals surface area contributed by atoms with Gasteiger partial charge >= 0.3 is 12.1 Å². The SMILES string of the molecule is C=S(C)(=O)c1c(F)cccc1N1CCN(C(=O)c2cc(NC3CCN(c4ccccc4C#N)CC3)c(C)cc2C)CC1.CC(C)(C)OC(=O)N=[S@@](C)(=O)c1c(F)cccc1N1CCNCC1.Cc1cc(C)c(C(=O)N2CCN(c3cccc(F)c3[S@@](C)(=N)=O)CC2)cc1CC1CCN(c2ccccc2C#N)CC1.Cc1cc(C)c(C(=O)O)cc1NC1CCN(c2ccccc2C#N)CC1.[2H]CF. The number of carboxylic acid groups (broad SMARTS) is 1. The zero-order chi connectivity index (χ0) is 99.4. The van der Waals surface area contributed by atoms with Crippen molar-refractivity contribution in [2.45, 2.75) is 140 Å². The molecule has 0 aliphatic carbocycles. The van der Waals surface area contributed by atoms with E-state index in [4.69, 9.17) is 10.9 Å². The van der Waals surface area contributed by atoms with Crippen LogP contribution < -0.4 is 45.3 Å². The Morgan fingerprint density at radius 1 is 0.485 bits per heavy atom. The van der Waals surface area contributed by atoms with Crippen molar-refractivity contribution >= 4 is 104 Å². The van der Waals surface area contributed by atoms with E-state index in [2.05, 4.69) is 91.1 Å². The van der Waals surface area contributed by atoms with Crippen LogP contribution in [0.15, 0.2) is 183 Å². The number of carbonyl (C=O) groups excluding carboxylic acids is 3. The third kappa shape index (κ3) is 26.3. The standard InChI is InChI=1S/2C33H38FN5O2S.C21H23N3O2.C16H24FN3O3S.CH3F/c1-23-20-24(2)29(36-26-12-14-37(15-13-26)30-10-6-5-8-25(30)22-35)21-27(23)33(40)39-18-16-38(17-19-39)31-11-7-9-28(34)32(31)42(3,4)41;1-23-19-24(2)28(21-27(23)20-25-11-13-37(14-12-25)30-9-5-4-7-26(30)22-35)33(40)39-17-15-38(16-18-39)31-10-6-8-29(34)32(31)42(3,36)41;1-14-11-15(2)19(12-18(14)21(25)26)23-17-7-9-24(10-8-17)20-6-4-3-5-16(20)13-22;1-16(2,3)23-15(21)19-24(4,22)14-12(17)6-5-7-13(14)20-10-8-18-9-11-20;1-2/h5-11,20-21,26,36H,3,12-19H2,1-2,4H3;4-10,19,21,25,36H,11-18,20H2,1-3H3;3-6,11-12,17,23H,7-10H2,1-2H3,(H,25,26);5-7,18H,8-11H2,1-4H3;1H3/t;42-;;24-;/m.0.0./s1/i;;;;1D. The molecule has 32 heteroatoms. The second-order valence-electron chi connectivity index (χ2n) is 36.5. The van der Waals surface area contributed by atoms with Crippen LogP contribution in [0.2, 0.25) is 0 Å². The van der Waals surface area contributed by atoms with Crippen molar-refractivity contribution in [1.29, 1.82) is 20.6 Å². The normalized spacial score (nSPS) is 16.9. The highest BCUT2D eigenvalue weighted by molar-refractivity contribution is 7.99. The topological polar surface area (TPSA) is 319 Å². The number of anilines is 8. The van der Waals surface area contributed by atoms with Crippen LogP contribution in [0.25, 0.3) is 0 Å². The summed E-state index contributed by atoms with van der Waals surface area (Å²) in [5, 5.41) is 48.0. The van der Waals surface area contributed by atoms with Crippen LogP contribution in [-0.2, 0) is 40.1 Å². The number of rotatable bonds is 18. The van der Waals surface area contributed by atoms with Gasteiger partial charge in [0.2, 0.25) is 0 Å². The van der Waals surface area contributed by atoms with Gasteiger partial charge in [0.05, 0.1) is 89.3 Å². The molecule has 6 heterocycles. The molecule has 15 rings (SSSR count). The first kappa shape index (κ1) is 102. The number of hydrogen-bond acceptors (Lipinski definition) is 21. The van der Waals surface area contributed by atoms with Gasteiger partial charge in [0.15, 0.2) is 0 Å². The fourth-order valence-electron chi connectivity index (χ4n) is 18.5. The minimum atomic E-state index is -3.28. The number of halogens is 4. The maximum absolute atomic E-state index is 14.6. The summed E-state index contributed by atoms with van der Waals surface area (Å²) in [6, 6.07) is 56.3. The van der Waals surface area contributed by atoms with Gasteiger partial charge in [0.25, 0.3) is 11.8 Å². The Bertz CT molecular complexity index is 6120. The minimum absolute atomic E-state index is 0.00410. The van der Waals surface area contributed by atoms with Gasteiger partial charge in [-0.3, -0.25) is 18.2 Å². The number of piperazine rings is 3. The lowest BCUT2D eigenvalue weighted by Gasteiger charge is -2.37. The molecule has 0 spiro atoms. The van der Waals surface area contributed by atoms with Crippen LogP contribution in [-0.4, -0.2) is 219 Å². The largest absolute Gasteiger partial charge is 0.478 e. The maximum Gasteiger partial charge on any atom is 0.442 e. The monoisotopic (exact) mass is 1920 g/mol. The molecule has 0 bridgehead atoms. The molecule has 3 atom stereocenters. The predicted molar refractivity (Wildman–Crippen MR) is 538 cm³/mol. The van der Waals surface area contributed by atoms with Crippen LogP contribution in [0.1, 0.15) is 147 Å². The highest BCUT2D eigenvalue weighted by atomic mass is 32.2. The van der Waals surface area contributed by atoms with E-state index in [1.165, 1.54) is 48.1 Å². The lowest BCUT2D eigenvalue weighted by atomic mass is 9.86. The van der Waals surface area contributed by atoms with Crippen LogP contribution in [0.4, 0.5) is 67.9 Å². The van der Waals surface area contributed by atoms with Crippen molar-refractivity contribution < 1.29 is 60.6 Å². The molecule has 9 aromatic carbocycles. The summed E-state index contributed by atoms with van der Waals surface area (Å²) in [6.45, 7) is 29.0. The Labute approximate surface area is 801 Å². The summed E-state index contributed by atoms with van der Waals surface area (Å²) in [7, 11) is -10.3. The molecule has 6 aliphatic rings. The van der Waals surface area contributed by atoms with E-state index < -0.39 is 71.2 Å². The number of carboxylic acids is 1. The first-order chi connectivity index (χ1) is 65.1. The van der Waals surface area contributed by atoms with Gasteiger partial charge < -0.3 is 65.0 Å². The van der Waals surface area contributed by atoms with Gasteiger partial charge in [0, 0.05) is 171 Å². The number of nitrogens with one attached hydrogen (secondary N) is 4. The van der Waals surface area contributed by atoms with Gasteiger partial charge in [-0.15, -0.1) is 4.36 Å². The quantitative estimate of drug-likeness (QED) is 0.0394. The van der Waals surface area contributed by atoms with Gasteiger partial charge in [-0.25, -0.2) is 36.0 Å². The summed E-state index contributed by atoms with van der Waals surface area (Å²) < 4.78 is 114. The number of para-hydroxylation sites is 3. The summed E-state index contributed by atoms with van der Waals surface area (Å²) in [5.74, 6) is 1.52. The Morgan fingerprint density at radius 2 is 0.824 bits per heavy atom. The smallest absolute Gasteiger partial charge is 0.442 e. The molecule has 0 aromatic heterocycles. The predicted octanol–water partition coefficient (Wildman–Crippen LogP) is 18.0. The molecule has 0 radical (unpaired) electrons. The Morgan fingerprint density at radius 3 is 1.22 bits per heavy atom. The average molecular weight is 1920 g/mol. The third-order valence-corrected chi connectivity index (χ3v) is 29.5. The van der Waals surface area contributed by atoms with Crippen molar-refractivity contribution in [3.8, 4) is 18.2 Å². The molecule has 1 unspecified atom stereocenters. The number of nitriles is 3. The number of hydrogen-bond donors (Lipinski definition) is 5. The van der Waals surface area contributed by atoms with Crippen LogP contribution in [0, 0.1) is 104 Å². The van der Waals surface area contributed by atoms with E-state index in [9.17, 15) is 70.3 Å². The number of nitrogens with zero attached hydrogens (tertiary/aromatic N) is 12. The first-order valence-corrected chi connectivity index (χ1v) is 51.7. The fraction of sp³-hybridized carbons (Fsp3) is 0.404. The number of ether oxygens (including phenoxy) is 1. The Balaban J connectivity index is 0.000000178. The number of alkyl halides is 1.